The quantitative estimate of drug-likeness (QED) is 0.710. The number of sulfonamides is 1. The fourth-order valence-electron chi connectivity index (χ4n) is 1.90. The summed E-state index contributed by atoms with van der Waals surface area (Å²) in [6.45, 7) is 2.57. The molecule has 6 heteroatoms. The molecule has 2 atom stereocenters. The number of aliphatic hydroxyl groups is 1. The van der Waals surface area contributed by atoms with Crippen LogP contribution in [0.3, 0.4) is 0 Å². The summed E-state index contributed by atoms with van der Waals surface area (Å²) in [5.41, 5.74) is 0. The first-order chi connectivity index (χ1) is 7.03. The Hall–Kier alpha value is -0.170. The van der Waals surface area contributed by atoms with Gasteiger partial charge in [0, 0.05) is 13.7 Å². The Morgan fingerprint density at radius 2 is 2.20 bits per heavy atom. The van der Waals surface area contributed by atoms with Crippen molar-refractivity contribution in [1.82, 2.24) is 4.31 Å². The van der Waals surface area contributed by atoms with Crippen molar-refractivity contribution in [3.63, 3.8) is 0 Å². The Morgan fingerprint density at radius 3 is 2.73 bits per heavy atom. The van der Waals surface area contributed by atoms with Crippen LogP contribution in [0.25, 0.3) is 0 Å². The molecule has 2 unspecified atom stereocenters. The predicted molar refractivity (Wildman–Crippen MR) is 57.0 cm³/mol. The lowest BCUT2D eigenvalue weighted by molar-refractivity contribution is 0.187. The fourth-order valence-corrected chi connectivity index (χ4v) is 3.58. The number of aliphatic hydroxyl groups excluding tert-OH is 1. The Labute approximate surface area is 91.1 Å². The first kappa shape index (κ1) is 12.9. The minimum Gasteiger partial charge on any atom is -0.395 e. The van der Waals surface area contributed by atoms with Crippen LogP contribution in [0.15, 0.2) is 0 Å². The Kier molecular flexibility index (Phi) is 4.51. The van der Waals surface area contributed by atoms with Gasteiger partial charge in [0.25, 0.3) is 0 Å². The van der Waals surface area contributed by atoms with Crippen molar-refractivity contribution in [2.75, 3.05) is 32.6 Å². The lowest BCUT2D eigenvalue weighted by Gasteiger charge is -2.24. The van der Waals surface area contributed by atoms with Gasteiger partial charge < -0.3 is 9.84 Å². The van der Waals surface area contributed by atoms with Crippen molar-refractivity contribution in [3.05, 3.63) is 0 Å². The van der Waals surface area contributed by atoms with Gasteiger partial charge in [-0.15, -0.1) is 0 Å². The molecule has 0 aromatic carbocycles. The predicted octanol–water partition coefficient (Wildman–Crippen LogP) is -0.335. The molecule has 90 valence electrons. The maximum absolute atomic E-state index is 11.8. The Balaban J connectivity index is 2.70. The normalized spacial score (nSPS) is 28.5. The minimum atomic E-state index is -3.27. The Bertz CT molecular complexity index is 290. The van der Waals surface area contributed by atoms with E-state index in [9.17, 15) is 8.42 Å². The molecular formula is C9H19NO4S. The maximum atomic E-state index is 11.8. The van der Waals surface area contributed by atoms with Crippen LogP contribution < -0.4 is 0 Å². The Morgan fingerprint density at radius 1 is 1.53 bits per heavy atom. The average molecular weight is 237 g/mol. The van der Waals surface area contributed by atoms with Gasteiger partial charge >= 0.3 is 0 Å². The SMILES string of the molecule is COCCS(=O)(=O)N1CCC(C)C1CO. The molecule has 1 N–H and O–H groups in total. The van der Waals surface area contributed by atoms with Gasteiger partial charge in [-0.1, -0.05) is 6.92 Å². The molecule has 0 aromatic rings. The fraction of sp³-hybridized carbons (Fsp3) is 1.00. The second kappa shape index (κ2) is 5.25. The molecule has 1 aliphatic heterocycles. The van der Waals surface area contributed by atoms with Crippen LogP contribution in [-0.4, -0.2) is 56.5 Å². The zero-order valence-electron chi connectivity index (χ0n) is 9.22. The van der Waals surface area contributed by atoms with Gasteiger partial charge in [-0.25, -0.2) is 8.42 Å². The summed E-state index contributed by atoms with van der Waals surface area (Å²) in [6.07, 6.45) is 0.817. The lowest BCUT2D eigenvalue weighted by atomic mass is 10.0. The summed E-state index contributed by atoms with van der Waals surface area (Å²) in [4.78, 5) is 0. The summed E-state index contributed by atoms with van der Waals surface area (Å²) in [6, 6.07) is -0.258. The zero-order valence-corrected chi connectivity index (χ0v) is 10.0. The highest BCUT2D eigenvalue weighted by atomic mass is 32.2. The van der Waals surface area contributed by atoms with Gasteiger partial charge in [-0.3, -0.25) is 0 Å². The molecule has 1 aliphatic rings. The van der Waals surface area contributed by atoms with E-state index in [0.29, 0.717) is 6.54 Å². The smallest absolute Gasteiger partial charge is 0.216 e. The summed E-state index contributed by atoms with van der Waals surface area (Å²) in [5.74, 6) is 0.222. The van der Waals surface area contributed by atoms with Crippen molar-refractivity contribution >= 4 is 10.0 Å². The van der Waals surface area contributed by atoms with E-state index in [4.69, 9.17) is 9.84 Å². The van der Waals surface area contributed by atoms with E-state index in [0.717, 1.165) is 6.42 Å². The number of methoxy groups -OCH3 is 1. The number of ether oxygens (including phenoxy) is 1. The van der Waals surface area contributed by atoms with Gasteiger partial charge in [-0.05, 0) is 12.3 Å². The van der Waals surface area contributed by atoms with Crippen molar-refractivity contribution in [2.24, 2.45) is 5.92 Å². The van der Waals surface area contributed by atoms with Crippen molar-refractivity contribution < 1.29 is 18.3 Å². The standard InChI is InChI=1S/C9H19NO4S/c1-8-3-4-10(9(8)7-11)15(12,13)6-5-14-2/h8-9,11H,3-7H2,1-2H3. The molecule has 1 rings (SSSR count). The maximum Gasteiger partial charge on any atom is 0.216 e. The third-order valence-electron chi connectivity index (χ3n) is 2.92. The molecule has 1 heterocycles. The van der Waals surface area contributed by atoms with Gasteiger partial charge in [0.05, 0.1) is 25.0 Å². The van der Waals surface area contributed by atoms with E-state index in [1.807, 2.05) is 6.92 Å². The monoisotopic (exact) mass is 237 g/mol. The van der Waals surface area contributed by atoms with E-state index >= 15 is 0 Å². The highest BCUT2D eigenvalue weighted by Crippen LogP contribution is 2.26. The van der Waals surface area contributed by atoms with Crippen LogP contribution in [0.5, 0.6) is 0 Å². The van der Waals surface area contributed by atoms with Gasteiger partial charge in [0.2, 0.25) is 10.0 Å². The van der Waals surface area contributed by atoms with E-state index in [1.165, 1.54) is 11.4 Å². The van der Waals surface area contributed by atoms with Gasteiger partial charge in [0.1, 0.15) is 0 Å². The van der Waals surface area contributed by atoms with Crippen LogP contribution in [-0.2, 0) is 14.8 Å². The second-order valence-corrected chi connectivity index (χ2v) is 5.98. The summed E-state index contributed by atoms with van der Waals surface area (Å²) >= 11 is 0. The van der Waals surface area contributed by atoms with E-state index < -0.39 is 10.0 Å². The molecule has 0 bridgehead atoms. The van der Waals surface area contributed by atoms with E-state index in [1.54, 1.807) is 0 Å². The second-order valence-electron chi connectivity index (χ2n) is 3.94. The first-order valence-corrected chi connectivity index (χ1v) is 6.73. The molecule has 1 saturated heterocycles. The van der Waals surface area contributed by atoms with Crippen LogP contribution in [0.1, 0.15) is 13.3 Å². The van der Waals surface area contributed by atoms with Gasteiger partial charge in [0.15, 0.2) is 0 Å². The summed E-state index contributed by atoms with van der Waals surface area (Å²) in [5, 5.41) is 9.16. The minimum absolute atomic E-state index is 0.00722. The highest BCUT2D eigenvalue weighted by Gasteiger charge is 2.37. The number of hydrogen-bond acceptors (Lipinski definition) is 4. The third-order valence-corrected chi connectivity index (χ3v) is 4.77. The van der Waals surface area contributed by atoms with Crippen molar-refractivity contribution in [3.8, 4) is 0 Å². The molecule has 0 saturated carbocycles. The van der Waals surface area contributed by atoms with Crippen LogP contribution in [0.4, 0.5) is 0 Å². The van der Waals surface area contributed by atoms with Gasteiger partial charge in [-0.2, -0.15) is 4.31 Å². The third kappa shape index (κ3) is 2.90. The van der Waals surface area contributed by atoms with Crippen LogP contribution in [0, 0.1) is 5.92 Å². The molecule has 0 radical (unpaired) electrons. The van der Waals surface area contributed by atoms with E-state index in [-0.39, 0.29) is 30.9 Å². The summed E-state index contributed by atoms with van der Waals surface area (Å²) in [7, 11) is -1.79. The molecule has 0 aromatic heterocycles. The molecule has 15 heavy (non-hydrogen) atoms. The lowest BCUT2D eigenvalue weighted by Crippen LogP contribution is -2.41. The molecule has 0 aliphatic carbocycles. The van der Waals surface area contributed by atoms with Crippen LogP contribution in [0.2, 0.25) is 0 Å². The molecule has 0 amide bonds. The van der Waals surface area contributed by atoms with E-state index in [2.05, 4.69) is 0 Å². The number of nitrogens with zero attached hydrogens (tertiary/aromatic N) is 1. The topological polar surface area (TPSA) is 66.8 Å². The zero-order chi connectivity index (χ0) is 11.5. The molecule has 0 spiro atoms. The van der Waals surface area contributed by atoms with Crippen molar-refractivity contribution in [1.29, 1.82) is 0 Å². The largest absolute Gasteiger partial charge is 0.395 e. The number of hydrogen-bond donors (Lipinski definition) is 1. The van der Waals surface area contributed by atoms with Crippen LogP contribution >= 0.6 is 0 Å². The molecule has 1 fully saturated rings. The van der Waals surface area contributed by atoms with Crippen molar-refractivity contribution in [2.45, 2.75) is 19.4 Å². The number of rotatable bonds is 5. The highest BCUT2D eigenvalue weighted by molar-refractivity contribution is 7.89. The molecule has 5 nitrogen and oxygen atoms in total. The average Bonchev–Trinajstić information content (AvgIpc) is 2.57. The summed E-state index contributed by atoms with van der Waals surface area (Å²) < 4.78 is 29.9. The first-order valence-electron chi connectivity index (χ1n) is 5.12. The molecular weight excluding hydrogens is 218 g/mol.